The average Bonchev–Trinajstić information content (AvgIpc) is 3.07. The minimum atomic E-state index is -0.392. The van der Waals surface area contributed by atoms with Gasteiger partial charge in [0, 0.05) is 18.1 Å². The molecule has 3 aromatic rings. The number of aromatic amines is 1. The van der Waals surface area contributed by atoms with Gasteiger partial charge in [0.15, 0.2) is 11.2 Å². The number of nitrogens with one attached hydrogen (secondary N) is 1. The van der Waals surface area contributed by atoms with Crippen molar-refractivity contribution in [2.75, 3.05) is 13.1 Å². The number of hydrogen-bond acceptors (Lipinski definition) is 4. The predicted molar refractivity (Wildman–Crippen MR) is 98.4 cm³/mol. The molecule has 0 bridgehead atoms. The van der Waals surface area contributed by atoms with E-state index in [4.69, 9.17) is 11.6 Å². The molecule has 1 aromatic carbocycles. The maximum atomic E-state index is 12.8. The number of aromatic nitrogens is 4. The van der Waals surface area contributed by atoms with Crippen molar-refractivity contribution in [3.8, 4) is 11.3 Å². The molecule has 134 valence electrons. The third-order valence-electron chi connectivity index (χ3n) is 4.84. The van der Waals surface area contributed by atoms with Crippen molar-refractivity contribution in [3.05, 3.63) is 51.5 Å². The van der Waals surface area contributed by atoms with Crippen LogP contribution in [0.1, 0.15) is 30.3 Å². The molecule has 0 aliphatic carbocycles. The van der Waals surface area contributed by atoms with Crippen LogP contribution in [-0.4, -0.2) is 43.7 Å². The maximum absolute atomic E-state index is 12.8. The summed E-state index contributed by atoms with van der Waals surface area (Å²) in [5, 5.41) is 8.58. The minimum Gasteiger partial charge on any atom is -0.337 e. The van der Waals surface area contributed by atoms with Crippen molar-refractivity contribution in [2.45, 2.75) is 19.8 Å². The lowest BCUT2D eigenvalue weighted by Gasteiger charge is -2.29. The zero-order valence-corrected chi connectivity index (χ0v) is 15.0. The van der Waals surface area contributed by atoms with E-state index in [0.29, 0.717) is 29.7 Å². The third kappa shape index (κ3) is 2.99. The number of fused-ring (bicyclic) bond motifs is 1. The third-order valence-corrected chi connectivity index (χ3v) is 5.09. The van der Waals surface area contributed by atoms with Crippen LogP contribution in [0.15, 0.2) is 35.3 Å². The quantitative estimate of drug-likeness (QED) is 0.750. The Morgan fingerprint density at radius 3 is 2.62 bits per heavy atom. The van der Waals surface area contributed by atoms with E-state index in [-0.39, 0.29) is 17.1 Å². The van der Waals surface area contributed by atoms with Crippen LogP contribution in [0.3, 0.4) is 0 Å². The van der Waals surface area contributed by atoms with Crippen LogP contribution < -0.4 is 5.56 Å². The molecule has 8 heteroatoms. The van der Waals surface area contributed by atoms with Crippen molar-refractivity contribution in [1.82, 2.24) is 24.7 Å². The molecule has 3 heterocycles. The van der Waals surface area contributed by atoms with E-state index in [2.05, 4.69) is 22.2 Å². The summed E-state index contributed by atoms with van der Waals surface area (Å²) >= 11 is 5.90. The fourth-order valence-corrected chi connectivity index (χ4v) is 3.34. The van der Waals surface area contributed by atoms with Crippen molar-refractivity contribution in [2.24, 2.45) is 5.92 Å². The van der Waals surface area contributed by atoms with Gasteiger partial charge in [0.05, 0.1) is 11.9 Å². The zero-order chi connectivity index (χ0) is 18.3. The largest absolute Gasteiger partial charge is 0.337 e. The van der Waals surface area contributed by atoms with Crippen LogP contribution in [0.2, 0.25) is 5.02 Å². The molecule has 1 fully saturated rings. The number of hydrogen-bond donors (Lipinski definition) is 1. The first-order chi connectivity index (χ1) is 12.5. The Morgan fingerprint density at radius 2 is 1.92 bits per heavy atom. The first kappa shape index (κ1) is 16.8. The van der Waals surface area contributed by atoms with Gasteiger partial charge in [0.1, 0.15) is 0 Å². The number of rotatable bonds is 2. The van der Waals surface area contributed by atoms with E-state index in [1.807, 2.05) is 0 Å². The summed E-state index contributed by atoms with van der Waals surface area (Å²) in [5.41, 5.74) is 1.25. The van der Waals surface area contributed by atoms with Gasteiger partial charge in [-0.3, -0.25) is 9.59 Å². The van der Waals surface area contributed by atoms with E-state index in [1.165, 1.54) is 4.52 Å². The van der Waals surface area contributed by atoms with E-state index >= 15 is 0 Å². The Balaban J connectivity index is 1.71. The van der Waals surface area contributed by atoms with Crippen molar-refractivity contribution < 1.29 is 4.79 Å². The summed E-state index contributed by atoms with van der Waals surface area (Å²) in [4.78, 5) is 29.9. The standard InChI is InChI=1S/C18H18ClN5O2/c1-11-6-8-23(9-7-11)18(26)15-16-17(25)20-14(10-24(16)22-21-15)12-2-4-13(19)5-3-12/h2-5,10-11H,6-9H2,1H3,(H,20,25). The van der Waals surface area contributed by atoms with Crippen molar-refractivity contribution >= 4 is 23.0 Å². The van der Waals surface area contributed by atoms with Gasteiger partial charge in [-0.25, -0.2) is 4.52 Å². The molecule has 1 saturated heterocycles. The summed E-state index contributed by atoms with van der Waals surface area (Å²) in [6.45, 7) is 3.54. The summed E-state index contributed by atoms with van der Waals surface area (Å²) < 4.78 is 1.36. The number of H-pyrrole nitrogens is 1. The first-order valence-electron chi connectivity index (χ1n) is 8.56. The fourth-order valence-electron chi connectivity index (χ4n) is 3.21. The maximum Gasteiger partial charge on any atom is 0.276 e. The molecule has 7 nitrogen and oxygen atoms in total. The number of piperidine rings is 1. The van der Waals surface area contributed by atoms with E-state index in [0.717, 1.165) is 18.4 Å². The van der Waals surface area contributed by atoms with Crippen LogP contribution in [0.4, 0.5) is 0 Å². The molecule has 1 aliphatic rings. The van der Waals surface area contributed by atoms with Gasteiger partial charge in [-0.15, -0.1) is 5.10 Å². The van der Waals surface area contributed by atoms with Gasteiger partial charge in [0.2, 0.25) is 0 Å². The molecule has 2 aromatic heterocycles. The van der Waals surface area contributed by atoms with Crippen LogP contribution in [0.25, 0.3) is 16.8 Å². The number of benzene rings is 1. The number of carbonyl (C=O) groups excluding carboxylic acids is 1. The van der Waals surface area contributed by atoms with Gasteiger partial charge >= 0.3 is 0 Å². The lowest BCUT2D eigenvalue weighted by atomic mass is 9.99. The molecule has 26 heavy (non-hydrogen) atoms. The minimum absolute atomic E-state index is 0.100. The predicted octanol–water partition coefficient (Wildman–Crippen LogP) is 2.61. The Kier molecular flexibility index (Phi) is 4.24. The molecule has 1 aliphatic heterocycles. The van der Waals surface area contributed by atoms with Crippen LogP contribution in [0.5, 0.6) is 0 Å². The summed E-state index contributed by atoms with van der Waals surface area (Å²) in [6, 6.07) is 7.09. The topological polar surface area (TPSA) is 83.4 Å². The summed E-state index contributed by atoms with van der Waals surface area (Å²) in [7, 11) is 0. The highest BCUT2D eigenvalue weighted by molar-refractivity contribution is 6.30. The molecule has 1 N–H and O–H groups in total. The number of amides is 1. The molecule has 0 saturated carbocycles. The van der Waals surface area contributed by atoms with Gasteiger partial charge in [0.25, 0.3) is 11.5 Å². The Morgan fingerprint density at radius 1 is 1.23 bits per heavy atom. The Hall–Kier alpha value is -2.67. The fraction of sp³-hybridized carbons (Fsp3) is 0.333. The van der Waals surface area contributed by atoms with Crippen molar-refractivity contribution in [3.63, 3.8) is 0 Å². The van der Waals surface area contributed by atoms with E-state index in [1.54, 1.807) is 35.4 Å². The zero-order valence-electron chi connectivity index (χ0n) is 14.3. The summed E-state index contributed by atoms with van der Waals surface area (Å²) in [5.74, 6) is 0.373. The Labute approximate surface area is 154 Å². The highest BCUT2D eigenvalue weighted by Gasteiger charge is 2.26. The highest BCUT2D eigenvalue weighted by atomic mass is 35.5. The second-order valence-electron chi connectivity index (χ2n) is 6.71. The second kappa shape index (κ2) is 6.57. The van der Waals surface area contributed by atoms with E-state index in [9.17, 15) is 9.59 Å². The molecular weight excluding hydrogens is 354 g/mol. The van der Waals surface area contributed by atoms with Crippen LogP contribution in [0, 0.1) is 5.92 Å². The van der Waals surface area contributed by atoms with Crippen molar-refractivity contribution in [1.29, 1.82) is 0 Å². The molecule has 4 rings (SSSR count). The second-order valence-corrected chi connectivity index (χ2v) is 7.15. The smallest absolute Gasteiger partial charge is 0.276 e. The number of halogens is 1. The molecule has 0 spiro atoms. The van der Waals surface area contributed by atoms with Gasteiger partial charge in [-0.2, -0.15) is 0 Å². The van der Waals surface area contributed by atoms with Gasteiger partial charge < -0.3 is 9.88 Å². The molecule has 0 unspecified atom stereocenters. The lowest BCUT2D eigenvalue weighted by molar-refractivity contribution is 0.0693. The monoisotopic (exact) mass is 371 g/mol. The average molecular weight is 372 g/mol. The molecule has 1 amide bonds. The molecule has 0 radical (unpaired) electrons. The SMILES string of the molecule is CC1CCN(C(=O)c2nnn3cc(-c4ccc(Cl)cc4)[nH]c(=O)c23)CC1. The van der Waals surface area contributed by atoms with Crippen LogP contribution in [-0.2, 0) is 0 Å². The Bertz CT molecular complexity index is 1020. The van der Waals surface area contributed by atoms with Crippen LogP contribution >= 0.6 is 11.6 Å². The van der Waals surface area contributed by atoms with E-state index < -0.39 is 5.56 Å². The normalized spacial score (nSPS) is 15.5. The highest BCUT2D eigenvalue weighted by Crippen LogP contribution is 2.21. The number of carbonyl (C=O) groups is 1. The van der Waals surface area contributed by atoms with Gasteiger partial charge in [-0.1, -0.05) is 35.9 Å². The van der Waals surface area contributed by atoms with Gasteiger partial charge in [-0.05, 0) is 36.5 Å². The molecular formula is C18H18ClN5O2. The lowest BCUT2D eigenvalue weighted by Crippen LogP contribution is -2.38. The number of nitrogens with zero attached hydrogens (tertiary/aromatic N) is 4. The summed E-state index contributed by atoms with van der Waals surface area (Å²) in [6.07, 6.45) is 3.58. The first-order valence-corrected chi connectivity index (χ1v) is 8.94. The molecule has 0 atom stereocenters. The number of likely N-dealkylation sites (tertiary alicyclic amines) is 1.